The van der Waals surface area contributed by atoms with Crippen molar-refractivity contribution >= 4 is 49.1 Å². The Balaban J connectivity index is 1.55. The predicted octanol–water partition coefficient (Wildman–Crippen LogP) is 3.04. The molecule has 1 aliphatic rings. The van der Waals surface area contributed by atoms with Crippen LogP contribution in [0.3, 0.4) is 0 Å². The monoisotopic (exact) mass is 485 g/mol. The second kappa shape index (κ2) is 8.82. The Labute approximate surface area is 178 Å². The average molecular weight is 487 g/mol. The summed E-state index contributed by atoms with van der Waals surface area (Å²) in [6, 6.07) is 12.0. The molecule has 0 spiro atoms. The Morgan fingerprint density at radius 2 is 1.75 bits per heavy atom. The van der Waals surface area contributed by atoms with Gasteiger partial charge in [-0.05, 0) is 48.9 Å². The Morgan fingerprint density at radius 1 is 1.11 bits per heavy atom. The minimum atomic E-state index is -3.72. The van der Waals surface area contributed by atoms with E-state index in [1.165, 1.54) is 12.1 Å². The van der Waals surface area contributed by atoms with Crippen molar-refractivity contribution < 1.29 is 13.2 Å². The van der Waals surface area contributed by atoms with Gasteiger partial charge < -0.3 is 9.80 Å². The summed E-state index contributed by atoms with van der Waals surface area (Å²) in [5.41, 5.74) is 2.20. The van der Waals surface area contributed by atoms with Gasteiger partial charge in [0.05, 0.1) is 11.4 Å². The predicted molar refractivity (Wildman–Crippen MR) is 114 cm³/mol. The van der Waals surface area contributed by atoms with Crippen molar-refractivity contribution in [2.75, 3.05) is 37.6 Å². The van der Waals surface area contributed by atoms with E-state index < -0.39 is 10.0 Å². The van der Waals surface area contributed by atoms with Gasteiger partial charge in [-0.3, -0.25) is 4.79 Å². The second-order valence-electron chi connectivity index (χ2n) is 6.58. The number of hydrogen-bond acceptors (Lipinski definition) is 4. The summed E-state index contributed by atoms with van der Waals surface area (Å²) in [7, 11) is -3.72. The molecule has 1 saturated heterocycles. The SMILES string of the molecule is Cc1ccc(Cl)cc1N1CCN(C(=O)CNS(=O)(=O)c2ccc(Br)cc2)CC1. The Kier molecular flexibility index (Phi) is 6.65. The quantitative estimate of drug-likeness (QED) is 0.705. The van der Waals surface area contributed by atoms with E-state index in [1.807, 2.05) is 25.1 Å². The molecule has 0 aromatic heterocycles. The van der Waals surface area contributed by atoms with Crippen molar-refractivity contribution in [3.63, 3.8) is 0 Å². The lowest BCUT2D eigenvalue weighted by Gasteiger charge is -2.37. The maximum absolute atomic E-state index is 12.4. The molecule has 0 atom stereocenters. The number of halogens is 2. The molecule has 0 saturated carbocycles. The molecule has 1 amide bonds. The zero-order chi connectivity index (χ0) is 20.3. The molecule has 1 fully saturated rings. The first kappa shape index (κ1) is 21.1. The number of benzene rings is 2. The summed E-state index contributed by atoms with van der Waals surface area (Å²) >= 11 is 9.37. The van der Waals surface area contributed by atoms with Crippen molar-refractivity contribution in [3.8, 4) is 0 Å². The normalized spacial score (nSPS) is 15.0. The van der Waals surface area contributed by atoms with Crippen molar-refractivity contribution in [2.24, 2.45) is 0 Å². The number of hydrogen-bond donors (Lipinski definition) is 1. The molecule has 6 nitrogen and oxygen atoms in total. The maximum Gasteiger partial charge on any atom is 0.241 e. The largest absolute Gasteiger partial charge is 0.368 e. The summed E-state index contributed by atoms with van der Waals surface area (Å²) in [4.78, 5) is 16.4. The van der Waals surface area contributed by atoms with E-state index >= 15 is 0 Å². The first-order chi connectivity index (χ1) is 13.3. The van der Waals surface area contributed by atoms with Crippen LogP contribution in [0.15, 0.2) is 51.8 Å². The zero-order valence-corrected chi connectivity index (χ0v) is 18.5. The number of sulfonamides is 1. The summed E-state index contributed by atoms with van der Waals surface area (Å²) in [6.45, 7) is 4.18. The first-order valence-corrected chi connectivity index (χ1v) is 11.5. The average Bonchev–Trinajstić information content (AvgIpc) is 2.68. The Hall–Kier alpha value is -1.61. The van der Waals surface area contributed by atoms with Crippen molar-refractivity contribution in [1.82, 2.24) is 9.62 Å². The van der Waals surface area contributed by atoms with Crippen LogP contribution in [0.25, 0.3) is 0 Å². The molecule has 0 aliphatic carbocycles. The van der Waals surface area contributed by atoms with Gasteiger partial charge in [0.25, 0.3) is 0 Å². The first-order valence-electron chi connectivity index (χ1n) is 8.80. The third-order valence-corrected chi connectivity index (χ3v) is 6.86. The summed E-state index contributed by atoms with van der Waals surface area (Å²) < 4.78 is 27.8. The van der Waals surface area contributed by atoms with E-state index in [0.717, 1.165) is 15.7 Å². The van der Waals surface area contributed by atoms with E-state index in [0.29, 0.717) is 31.2 Å². The number of amides is 1. The molecule has 3 rings (SSSR count). The number of nitrogens with one attached hydrogen (secondary N) is 1. The molecule has 1 N–H and O–H groups in total. The lowest BCUT2D eigenvalue weighted by molar-refractivity contribution is -0.130. The van der Waals surface area contributed by atoms with E-state index in [-0.39, 0.29) is 17.3 Å². The van der Waals surface area contributed by atoms with Crippen LogP contribution in [0.2, 0.25) is 5.02 Å². The third-order valence-electron chi connectivity index (χ3n) is 4.68. The molecule has 1 heterocycles. The summed E-state index contributed by atoms with van der Waals surface area (Å²) in [5.74, 6) is -0.233. The molecule has 1 aliphatic heterocycles. The van der Waals surface area contributed by atoms with Crippen LogP contribution >= 0.6 is 27.5 Å². The fraction of sp³-hybridized carbons (Fsp3) is 0.316. The molecule has 0 radical (unpaired) electrons. The number of carbonyl (C=O) groups excluding carboxylic acids is 1. The zero-order valence-electron chi connectivity index (χ0n) is 15.4. The number of rotatable bonds is 5. The highest BCUT2D eigenvalue weighted by atomic mass is 79.9. The van der Waals surface area contributed by atoms with E-state index in [2.05, 4.69) is 25.6 Å². The number of carbonyl (C=O) groups is 1. The van der Waals surface area contributed by atoms with Gasteiger partial charge >= 0.3 is 0 Å². The van der Waals surface area contributed by atoms with Crippen LogP contribution in [0, 0.1) is 6.92 Å². The lowest BCUT2D eigenvalue weighted by Crippen LogP contribution is -2.51. The Morgan fingerprint density at radius 3 is 2.39 bits per heavy atom. The fourth-order valence-electron chi connectivity index (χ4n) is 3.09. The summed E-state index contributed by atoms with van der Waals surface area (Å²) in [6.07, 6.45) is 0. The van der Waals surface area contributed by atoms with Crippen LogP contribution in [-0.4, -0.2) is 51.9 Å². The summed E-state index contributed by atoms with van der Waals surface area (Å²) in [5, 5.41) is 0.682. The van der Waals surface area contributed by atoms with Gasteiger partial charge in [0.15, 0.2) is 0 Å². The maximum atomic E-state index is 12.4. The topological polar surface area (TPSA) is 69.7 Å². The van der Waals surface area contributed by atoms with Crippen molar-refractivity contribution in [3.05, 3.63) is 57.5 Å². The Bertz CT molecular complexity index is 959. The van der Waals surface area contributed by atoms with Crippen LogP contribution in [-0.2, 0) is 14.8 Å². The molecule has 150 valence electrons. The fourth-order valence-corrected chi connectivity index (χ4v) is 4.49. The van der Waals surface area contributed by atoms with Crippen molar-refractivity contribution in [2.45, 2.75) is 11.8 Å². The molecular formula is C19H21BrClN3O3S. The number of piperazine rings is 1. The highest BCUT2D eigenvalue weighted by molar-refractivity contribution is 9.10. The molecule has 28 heavy (non-hydrogen) atoms. The number of aryl methyl sites for hydroxylation is 1. The van der Waals surface area contributed by atoms with E-state index in [9.17, 15) is 13.2 Å². The highest BCUT2D eigenvalue weighted by Crippen LogP contribution is 2.25. The second-order valence-corrected chi connectivity index (χ2v) is 9.70. The van der Waals surface area contributed by atoms with Gasteiger partial charge in [0, 0.05) is 41.4 Å². The smallest absolute Gasteiger partial charge is 0.241 e. The van der Waals surface area contributed by atoms with Gasteiger partial charge in [-0.1, -0.05) is 33.6 Å². The standard InChI is InChI=1S/C19H21BrClN3O3S/c1-14-2-5-16(21)12-18(14)23-8-10-24(11-9-23)19(25)13-22-28(26,27)17-6-3-15(20)4-7-17/h2-7,12,22H,8-11,13H2,1H3. The number of anilines is 1. The molecule has 2 aromatic carbocycles. The molecule has 9 heteroatoms. The van der Waals surface area contributed by atoms with E-state index in [1.54, 1.807) is 17.0 Å². The minimum absolute atomic E-state index is 0.129. The number of nitrogens with zero attached hydrogens (tertiary/aromatic N) is 2. The van der Waals surface area contributed by atoms with Crippen LogP contribution in [0.5, 0.6) is 0 Å². The third kappa shape index (κ3) is 5.05. The van der Waals surface area contributed by atoms with Gasteiger partial charge in [-0.25, -0.2) is 13.1 Å². The molecule has 0 unspecified atom stereocenters. The molecular weight excluding hydrogens is 466 g/mol. The van der Waals surface area contributed by atoms with Crippen molar-refractivity contribution in [1.29, 1.82) is 0 Å². The molecule has 0 bridgehead atoms. The van der Waals surface area contributed by atoms with Gasteiger partial charge in [0.2, 0.25) is 15.9 Å². The molecule has 2 aromatic rings. The lowest BCUT2D eigenvalue weighted by atomic mass is 10.1. The highest BCUT2D eigenvalue weighted by Gasteiger charge is 2.24. The van der Waals surface area contributed by atoms with Gasteiger partial charge in [-0.15, -0.1) is 0 Å². The van der Waals surface area contributed by atoms with Crippen LogP contribution < -0.4 is 9.62 Å². The minimum Gasteiger partial charge on any atom is -0.368 e. The van der Waals surface area contributed by atoms with Gasteiger partial charge in [0.1, 0.15) is 0 Å². The van der Waals surface area contributed by atoms with E-state index in [4.69, 9.17) is 11.6 Å². The van der Waals surface area contributed by atoms with Crippen LogP contribution in [0.1, 0.15) is 5.56 Å². The van der Waals surface area contributed by atoms with Crippen LogP contribution in [0.4, 0.5) is 5.69 Å². The van der Waals surface area contributed by atoms with Gasteiger partial charge in [-0.2, -0.15) is 0 Å².